The summed E-state index contributed by atoms with van der Waals surface area (Å²) in [6, 6.07) is 10.4. The Morgan fingerprint density at radius 1 is 1.07 bits per heavy atom. The molecule has 1 aliphatic carbocycles. The van der Waals surface area contributed by atoms with Gasteiger partial charge >= 0.3 is 0 Å². The molecule has 71 valence electrons. The molecule has 1 aromatic rings. The predicted octanol–water partition coefficient (Wildman–Crippen LogP) is 3.91. The van der Waals surface area contributed by atoms with Gasteiger partial charge in [-0.05, 0) is 24.8 Å². The first-order chi connectivity index (χ1) is 6.95. The van der Waals surface area contributed by atoms with Crippen LogP contribution in [0.2, 0.25) is 0 Å². The van der Waals surface area contributed by atoms with Crippen LogP contribution in [0, 0.1) is 6.42 Å². The quantitative estimate of drug-likeness (QED) is 0.652. The van der Waals surface area contributed by atoms with E-state index in [0.29, 0.717) is 0 Å². The molecule has 0 atom stereocenters. The van der Waals surface area contributed by atoms with E-state index in [1.54, 1.807) is 0 Å². The molecule has 0 fully saturated rings. The van der Waals surface area contributed by atoms with Gasteiger partial charge in [0, 0.05) is 6.42 Å². The Balaban J connectivity index is 1.99. The van der Waals surface area contributed by atoms with Crippen molar-refractivity contribution in [2.24, 2.45) is 0 Å². The Morgan fingerprint density at radius 2 is 1.93 bits per heavy atom. The van der Waals surface area contributed by atoms with Crippen LogP contribution in [0.15, 0.2) is 54.1 Å². The highest BCUT2D eigenvalue weighted by atomic mass is 14.0. The molecule has 2 rings (SSSR count). The van der Waals surface area contributed by atoms with Gasteiger partial charge in [-0.1, -0.05) is 54.1 Å². The smallest absolute Gasteiger partial charge is 0.0127 e. The Hall–Kier alpha value is -1.30. The fourth-order valence-corrected chi connectivity index (χ4v) is 1.65. The van der Waals surface area contributed by atoms with E-state index < -0.39 is 0 Å². The molecule has 0 saturated carbocycles. The molecule has 0 unspecified atom stereocenters. The predicted molar refractivity (Wildman–Crippen MR) is 60.9 cm³/mol. The molecule has 1 aromatic carbocycles. The van der Waals surface area contributed by atoms with Crippen molar-refractivity contribution in [2.75, 3.05) is 0 Å². The van der Waals surface area contributed by atoms with Gasteiger partial charge < -0.3 is 0 Å². The third-order valence-electron chi connectivity index (χ3n) is 2.46. The van der Waals surface area contributed by atoms with Crippen LogP contribution in [0.4, 0.5) is 0 Å². The summed E-state index contributed by atoms with van der Waals surface area (Å²) >= 11 is 0. The molecule has 0 amide bonds. The molecule has 0 saturated heterocycles. The van der Waals surface area contributed by atoms with Crippen molar-refractivity contribution >= 4 is 0 Å². The molecule has 0 aliphatic heterocycles. The maximum atomic E-state index is 2.26. The number of benzene rings is 1. The third kappa shape index (κ3) is 2.59. The van der Waals surface area contributed by atoms with Gasteiger partial charge in [-0.15, -0.1) is 0 Å². The van der Waals surface area contributed by atoms with Crippen LogP contribution in [-0.2, 0) is 0 Å². The highest BCUT2D eigenvalue weighted by Gasteiger charge is 1.98. The van der Waals surface area contributed by atoms with Crippen molar-refractivity contribution in [3.63, 3.8) is 0 Å². The van der Waals surface area contributed by atoms with E-state index in [1.165, 1.54) is 30.4 Å². The number of rotatable bonds is 2. The molecule has 0 nitrogen and oxygen atoms in total. The first kappa shape index (κ1) is 9.26. The second-order valence-electron chi connectivity index (χ2n) is 3.61. The van der Waals surface area contributed by atoms with E-state index in [-0.39, 0.29) is 0 Å². The maximum Gasteiger partial charge on any atom is 0.0127 e. The van der Waals surface area contributed by atoms with Crippen molar-refractivity contribution in [2.45, 2.75) is 19.3 Å². The molecule has 0 aromatic heterocycles. The van der Waals surface area contributed by atoms with Crippen molar-refractivity contribution < 1.29 is 0 Å². The Bertz CT molecular complexity index is 330. The van der Waals surface area contributed by atoms with Gasteiger partial charge in [0.2, 0.25) is 0 Å². The zero-order valence-electron chi connectivity index (χ0n) is 8.32. The third-order valence-corrected chi connectivity index (χ3v) is 2.46. The minimum Gasteiger partial charge on any atom is -0.0843 e. The van der Waals surface area contributed by atoms with Crippen LogP contribution in [0.5, 0.6) is 0 Å². The average molecular weight is 183 g/mol. The number of hydrogen-bond acceptors (Lipinski definition) is 0. The number of allylic oxidation sites excluding steroid dienone is 4. The van der Waals surface area contributed by atoms with Crippen LogP contribution in [0.25, 0.3) is 0 Å². The molecule has 0 heteroatoms. The van der Waals surface area contributed by atoms with E-state index in [9.17, 15) is 0 Å². The van der Waals surface area contributed by atoms with E-state index in [2.05, 4.69) is 48.9 Å². The molecule has 0 N–H and O–H groups in total. The summed E-state index contributed by atoms with van der Waals surface area (Å²) in [6.45, 7) is 0. The second kappa shape index (κ2) is 4.80. The molecular formula is C14H15. The number of hydrogen-bond donors (Lipinski definition) is 0. The lowest BCUT2D eigenvalue weighted by Gasteiger charge is -2.06. The van der Waals surface area contributed by atoms with Gasteiger partial charge in [-0.2, -0.15) is 0 Å². The van der Waals surface area contributed by atoms with Crippen LogP contribution in [0.1, 0.15) is 24.8 Å². The normalized spacial score (nSPS) is 18.7. The Labute approximate surface area is 86.0 Å². The topological polar surface area (TPSA) is 0 Å². The molecular weight excluding hydrogens is 168 g/mol. The monoisotopic (exact) mass is 183 g/mol. The summed E-state index contributed by atoms with van der Waals surface area (Å²) in [5.41, 5.74) is 2.72. The van der Waals surface area contributed by atoms with E-state index in [4.69, 9.17) is 0 Å². The van der Waals surface area contributed by atoms with Crippen molar-refractivity contribution in [3.8, 4) is 0 Å². The van der Waals surface area contributed by atoms with E-state index in [1.807, 2.05) is 6.07 Å². The summed E-state index contributed by atoms with van der Waals surface area (Å²) in [7, 11) is 0. The fourth-order valence-electron chi connectivity index (χ4n) is 1.65. The first-order valence-electron chi connectivity index (χ1n) is 5.21. The highest BCUT2D eigenvalue weighted by molar-refractivity contribution is 5.33. The summed E-state index contributed by atoms with van der Waals surface area (Å²) in [4.78, 5) is 0. The van der Waals surface area contributed by atoms with Gasteiger partial charge in [-0.25, -0.2) is 0 Å². The van der Waals surface area contributed by atoms with Crippen LogP contribution in [-0.4, -0.2) is 0 Å². The van der Waals surface area contributed by atoms with E-state index >= 15 is 0 Å². The zero-order valence-corrected chi connectivity index (χ0v) is 8.32. The zero-order chi connectivity index (χ0) is 9.64. The summed E-state index contributed by atoms with van der Waals surface area (Å²) in [5, 5.41) is 0. The van der Waals surface area contributed by atoms with Crippen LogP contribution < -0.4 is 0 Å². The lowest BCUT2D eigenvalue weighted by atomic mass is 10.00. The molecule has 1 radical (unpaired) electrons. The molecule has 0 bridgehead atoms. The maximum absolute atomic E-state index is 2.26. The Kier molecular flexibility index (Phi) is 3.18. The van der Waals surface area contributed by atoms with Gasteiger partial charge in [0.15, 0.2) is 0 Å². The van der Waals surface area contributed by atoms with Gasteiger partial charge in [0.1, 0.15) is 0 Å². The minimum atomic E-state index is 1.22. The van der Waals surface area contributed by atoms with Gasteiger partial charge in [0.05, 0.1) is 0 Å². The second-order valence-corrected chi connectivity index (χ2v) is 3.61. The molecule has 0 heterocycles. The summed E-state index contributed by atoms with van der Waals surface area (Å²) < 4.78 is 0. The first-order valence-corrected chi connectivity index (χ1v) is 5.21. The summed E-state index contributed by atoms with van der Waals surface area (Å²) in [6.07, 6.45) is 12.7. The van der Waals surface area contributed by atoms with Crippen molar-refractivity contribution in [1.82, 2.24) is 0 Å². The molecule has 1 aliphatic rings. The SMILES string of the molecule is [CH](C=C1C=CCCC1)c1ccccc1. The van der Waals surface area contributed by atoms with Crippen LogP contribution in [0.3, 0.4) is 0 Å². The lowest BCUT2D eigenvalue weighted by molar-refractivity contribution is 0.820. The minimum absolute atomic E-state index is 1.22. The van der Waals surface area contributed by atoms with Gasteiger partial charge in [-0.3, -0.25) is 0 Å². The largest absolute Gasteiger partial charge is 0.0843 e. The highest BCUT2D eigenvalue weighted by Crippen LogP contribution is 2.17. The van der Waals surface area contributed by atoms with Crippen molar-refractivity contribution in [3.05, 3.63) is 66.1 Å². The standard InChI is InChI=1S/C14H15/c1-3-7-13(8-4-1)11-12-14-9-5-2-6-10-14/h1,3-5,7-9,11-12H,2,6,10H2. The molecule has 14 heavy (non-hydrogen) atoms. The van der Waals surface area contributed by atoms with Gasteiger partial charge in [0.25, 0.3) is 0 Å². The lowest BCUT2D eigenvalue weighted by Crippen LogP contribution is -1.87. The van der Waals surface area contributed by atoms with E-state index in [0.717, 1.165) is 0 Å². The van der Waals surface area contributed by atoms with Crippen molar-refractivity contribution in [1.29, 1.82) is 0 Å². The Morgan fingerprint density at radius 3 is 2.64 bits per heavy atom. The average Bonchev–Trinajstić information content (AvgIpc) is 2.29. The summed E-state index contributed by atoms with van der Waals surface area (Å²) in [5.74, 6) is 0. The molecule has 0 spiro atoms. The van der Waals surface area contributed by atoms with Crippen LogP contribution >= 0.6 is 0 Å². The fraction of sp³-hybridized carbons (Fsp3) is 0.214.